The highest BCUT2D eigenvalue weighted by molar-refractivity contribution is 6.18. The average molecular weight is 241 g/mol. The lowest BCUT2D eigenvalue weighted by Crippen LogP contribution is -2.20. The van der Waals surface area contributed by atoms with Gasteiger partial charge in [-0.2, -0.15) is 0 Å². The van der Waals surface area contributed by atoms with E-state index in [1.54, 1.807) is 0 Å². The molecule has 1 unspecified atom stereocenters. The van der Waals surface area contributed by atoms with E-state index in [1.165, 1.54) is 0 Å². The zero-order valence-corrected chi connectivity index (χ0v) is 9.66. The van der Waals surface area contributed by atoms with Gasteiger partial charge in [-0.3, -0.25) is 0 Å². The number of hydrogen-bond acceptors (Lipinski definition) is 4. The molecule has 0 amide bonds. The number of aromatic nitrogens is 1. The van der Waals surface area contributed by atoms with E-state index in [9.17, 15) is 5.11 Å². The summed E-state index contributed by atoms with van der Waals surface area (Å²) in [5.41, 5.74) is 2.47. The summed E-state index contributed by atoms with van der Waals surface area (Å²) in [5, 5.41) is 12.4. The van der Waals surface area contributed by atoms with Crippen molar-refractivity contribution in [1.29, 1.82) is 0 Å². The molecule has 0 aliphatic heterocycles. The molecule has 0 fully saturated rings. The van der Waals surface area contributed by atoms with Gasteiger partial charge in [0.2, 0.25) is 0 Å². The first kappa shape index (κ1) is 11.2. The van der Waals surface area contributed by atoms with Crippen LogP contribution in [0, 0.1) is 6.92 Å². The van der Waals surface area contributed by atoms with E-state index in [0.29, 0.717) is 12.4 Å². The van der Waals surface area contributed by atoms with Gasteiger partial charge in [-0.15, -0.1) is 11.6 Å². The van der Waals surface area contributed by atoms with Crippen molar-refractivity contribution in [3.63, 3.8) is 0 Å². The average Bonchev–Trinajstić information content (AvgIpc) is 2.65. The number of alkyl halides is 1. The Bertz CT molecular complexity index is 484. The first-order valence-corrected chi connectivity index (χ1v) is 5.57. The van der Waals surface area contributed by atoms with Gasteiger partial charge in [0, 0.05) is 19.2 Å². The van der Waals surface area contributed by atoms with Crippen molar-refractivity contribution in [1.82, 2.24) is 4.98 Å². The van der Waals surface area contributed by atoms with Crippen LogP contribution in [0.2, 0.25) is 0 Å². The Morgan fingerprint density at radius 1 is 1.56 bits per heavy atom. The Kier molecular flexibility index (Phi) is 3.31. The van der Waals surface area contributed by atoms with Crippen LogP contribution in [0.25, 0.3) is 11.1 Å². The quantitative estimate of drug-likeness (QED) is 0.804. The Labute approximate surface area is 98.2 Å². The van der Waals surface area contributed by atoms with Gasteiger partial charge in [-0.05, 0) is 18.2 Å². The minimum atomic E-state index is -0.545. The fourth-order valence-corrected chi connectivity index (χ4v) is 1.55. The largest absolute Gasteiger partial charge is 0.441 e. The van der Waals surface area contributed by atoms with Crippen LogP contribution in [0.15, 0.2) is 22.6 Å². The lowest BCUT2D eigenvalue weighted by Gasteiger charge is -2.09. The molecule has 16 heavy (non-hydrogen) atoms. The summed E-state index contributed by atoms with van der Waals surface area (Å²) in [6, 6.07) is 5.62. The number of fused-ring (bicyclic) bond motifs is 1. The van der Waals surface area contributed by atoms with Crippen LogP contribution in [0.4, 0.5) is 5.69 Å². The minimum absolute atomic E-state index is 0.221. The molecular weight excluding hydrogens is 228 g/mol. The zero-order valence-electron chi connectivity index (χ0n) is 8.90. The maximum absolute atomic E-state index is 9.31. The number of benzene rings is 1. The summed E-state index contributed by atoms with van der Waals surface area (Å²) >= 11 is 5.50. The molecule has 0 saturated carbocycles. The van der Waals surface area contributed by atoms with Crippen molar-refractivity contribution in [2.45, 2.75) is 13.0 Å². The van der Waals surface area contributed by atoms with E-state index < -0.39 is 6.10 Å². The lowest BCUT2D eigenvalue weighted by atomic mass is 10.2. The normalized spacial score (nSPS) is 12.9. The fraction of sp³-hybridized carbons (Fsp3) is 0.364. The fourth-order valence-electron chi connectivity index (χ4n) is 1.44. The molecule has 2 rings (SSSR count). The highest BCUT2D eigenvalue weighted by atomic mass is 35.5. The molecule has 2 N–H and O–H groups in total. The Balaban J connectivity index is 2.13. The van der Waals surface area contributed by atoms with Gasteiger partial charge < -0.3 is 14.8 Å². The van der Waals surface area contributed by atoms with Crippen LogP contribution < -0.4 is 5.32 Å². The molecule has 1 atom stereocenters. The Hall–Kier alpha value is -1.26. The first-order valence-electron chi connectivity index (χ1n) is 5.04. The van der Waals surface area contributed by atoms with Gasteiger partial charge in [-0.1, -0.05) is 0 Å². The second kappa shape index (κ2) is 4.72. The van der Waals surface area contributed by atoms with Crippen LogP contribution in [0.1, 0.15) is 5.89 Å². The topological polar surface area (TPSA) is 58.3 Å². The predicted molar refractivity (Wildman–Crippen MR) is 64.0 cm³/mol. The summed E-state index contributed by atoms with van der Waals surface area (Å²) in [4.78, 5) is 4.23. The number of nitrogens with one attached hydrogen (secondary N) is 1. The number of aryl methyl sites for hydroxylation is 1. The molecule has 0 radical (unpaired) electrons. The highest BCUT2D eigenvalue weighted by Gasteiger charge is 2.04. The molecule has 0 aliphatic rings. The molecular formula is C11H13ClN2O2. The smallest absolute Gasteiger partial charge is 0.192 e. The van der Waals surface area contributed by atoms with Crippen molar-refractivity contribution in [3.8, 4) is 0 Å². The van der Waals surface area contributed by atoms with Crippen LogP contribution in [-0.4, -0.2) is 28.6 Å². The summed E-state index contributed by atoms with van der Waals surface area (Å²) in [5.74, 6) is 0.867. The number of halogens is 1. The zero-order chi connectivity index (χ0) is 11.5. The molecule has 4 nitrogen and oxygen atoms in total. The number of oxazole rings is 1. The van der Waals surface area contributed by atoms with E-state index in [-0.39, 0.29) is 5.88 Å². The second-order valence-corrected chi connectivity index (χ2v) is 3.91. The summed E-state index contributed by atoms with van der Waals surface area (Å²) in [6.07, 6.45) is -0.545. The molecule has 86 valence electrons. The summed E-state index contributed by atoms with van der Waals surface area (Å²) in [7, 11) is 0. The van der Waals surface area contributed by atoms with Crippen LogP contribution >= 0.6 is 11.6 Å². The van der Waals surface area contributed by atoms with Crippen molar-refractivity contribution in [2.75, 3.05) is 17.7 Å². The third kappa shape index (κ3) is 2.46. The van der Waals surface area contributed by atoms with E-state index in [1.807, 2.05) is 25.1 Å². The number of aliphatic hydroxyl groups excluding tert-OH is 1. The molecule has 0 aliphatic carbocycles. The van der Waals surface area contributed by atoms with Crippen molar-refractivity contribution in [3.05, 3.63) is 24.1 Å². The van der Waals surface area contributed by atoms with E-state index >= 15 is 0 Å². The molecule has 5 heteroatoms. The van der Waals surface area contributed by atoms with Gasteiger partial charge in [0.15, 0.2) is 11.5 Å². The molecule has 1 aromatic heterocycles. The molecule has 0 saturated heterocycles. The van der Waals surface area contributed by atoms with Crippen molar-refractivity contribution in [2.24, 2.45) is 0 Å². The van der Waals surface area contributed by atoms with Gasteiger partial charge in [0.1, 0.15) is 5.52 Å². The van der Waals surface area contributed by atoms with Crippen LogP contribution in [0.5, 0.6) is 0 Å². The lowest BCUT2D eigenvalue weighted by molar-refractivity contribution is 0.211. The Morgan fingerprint density at radius 3 is 3.12 bits per heavy atom. The van der Waals surface area contributed by atoms with Crippen molar-refractivity contribution >= 4 is 28.4 Å². The predicted octanol–water partition coefficient (Wildman–Crippen LogP) is 2.15. The van der Waals surface area contributed by atoms with Crippen LogP contribution in [0.3, 0.4) is 0 Å². The van der Waals surface area contributed by atoms with Gasteiger partial charge in [0.05, 0.1) is 12.0 Å². The van der Waals surface area contributed by atoms with Gasteiger partial charge >= 0.3 is 0 Å². The Morgan fingerprint density at radius 2 is 2.38 bits per heavy atom. The summed E-state index contributed by atoms with van der Waals surface area (Å²) < 4.78 is 5.36. The third-order valence-electron chi connectivity index (χ3n) is 2.21. The number of hydrogen-bond donors (Lipinski definition) is 2. The second-order valence-electron chi connectivity index (χ2n) is 3.60. The maximum atomic E-state index is 9.31. The third-order valence-corrected chi connectivity index (χ3v) is 2.57. The minimum Gasteiger partial charge on any atom is -0.441 e. The standard InChI is InChI=1S/C11H13ClN2O2/c1-7-14-10-4-8(2-3-11(10)16-7)13-6-9(15)5-12/h2-4,9,13,15H,5-6H2,1H3. The highest BCUT2D eigenvalue weighted by Crippen LogP contribution is 2.19. The van der Waals surface area contributed by atoms with E-state index in [2.05, 4.69) is 10.3 Å². The number of anilines is 1. The monoisotopic (exact) mass is 240 g/mol. The SMILES string of the molecule is Cc1nc2cc(NCC(O)CCl)ccc2o1. The van der Waals surface area contributed by atoms with Crippen molar-refractivity contribution < 1.29 is 9.52 Å². The first-order chi connectivity index (χ1) is 7.69. The van der Waals surface area contributed by atoms with E-state index in [4.69, 9.17) is 16.0 Å². The molecule has 0 spiro atoms. The molecule has 1 heterocycles. The number of nitrogens with zero attached hydrogens (tertiary/aromatic N) is 1. The van der Waals surface area contributed by atoms with Gasteiger partial charge in [0.25, 0.3) is 0 Å². The maximum Gasteiger partial charge on any atom is 0.192 e. The molecule has 2 aromatic rings. The van der Waals surface area contributed by atoms with E-state index in [0.717, 1.165) is 16.8 Å². The number of rotatable bonds is 4. The molecule has 1 aromatic carbocycles. The number of aliphatic hydroxyl groups is 1. The molecule has 0 bridgehead atoms. The van der Waals surface area contributed by atoms with Gasteiger partial charge in [-0.25, -0.2) is 4.98 Å². The van der Waals surface area contributed by atoms with Crippen LogP contribution in [-0.2, 0) is 0 Å². The summed E-state index contributed by atoms with van der Waals surface area (Å²) in [6.45, 7) is 2.23.